The van der Waals surface area contributed by atoms with E-state index in [1.807, 2.05) is 0 Å². The summed E-state index contributed by atoms with van der Waals surface area (Å²) in [5.74, 6) is -1.78. The van der Waals surface area contributed by atoms with Gasteiger partial charge in [0.05, 0.1) is 0 Å². The molecule has 0 radical (unpaired) electrons. The SMILES string of the molecule is N=C(N)NCCCC[C@@H](/C=C/C(=O)O)NC(=O)[C@H](Cc1ccc(O)cc1)NC(=O)C1CCCCC1. The molecule has 1 aromatic rings. The van der Waals surface area contributed by atoms with Gasteiger partial charge >= 0.3 is 5.97 Å². The number of rotatable bonds is 13. The quantitative estimate of drug-likeness (QED) is 0.0959. The smallest absolute Gasteiger partial charge is 0.328 e. The van der Waals surface area contributed by atoms with Crippen LogP contribution in [0.5, 0.6) is 5.75 Å². The van der Waals surface area contributed by atoms with Crippen LogP contribution in [0, 0.1) is 11.3 Å². The lowest BCUT2D eigenvalue weighted by atomic mass is 9.88. The zero-order valence-corrected chi connectivity index (χ0v) is 20.0. The minimum Gasteiger partial charge on any atom is -0.508 e. The Hall–Kier alpha value is -3.56. The predicted molar refractivity (Wildman–Crippen MR) is 133 cm³/mol. The fourth-order valence-corrected chi connectivity index (χ4v) is 4.14. The summed E-state index contributed by atoms with van der Waals surface area (Å²) in [4.78, 5) is 37.2. The van der Waals surface area contributed by atoms with Crippen molar-refractivity contribution in [2.75, 3.05) is 6.54 Å². The molecule has 0 bridgehead atoms. The maximum absolute atomic E-state index is 13.3. The number of unbranched alkanes of at least 4 members (excludes halogenated alkanes) is 1. The minimum absolute atomic E-state index is 0.110. The Bertz CT molecular complexity index is 881. The highest BCUT2D eigenvalue weighted by molar-refractivity contribution is 5.89. The molecule has 0 aromatic heterocycles. The molecule has 0 aliphatic heterocycles. The molecule has 0 saturated heterocycles. The first-order chi connectivity index (χ1) is 16.7. The number of nitrogens with one attached hydrogen (secondary N) is 4. The first kappa shape index (κ1) is 27.7. The van der Waals surface area contributed by atoms with Crippen LogP contribution >= 0.6 is 0 Å². The van der Waals surface area contributed by atoms with E-state index in [1.165, 1.54) is 18.2 Å². The van der Waals surface area contributed by atoms with E-state index in [1.54, 1.807) is 12.1 Å². The van der Waals surface area contributed by atoms with Crippen LogP contribution in [0.2, 0.25) is 0 Å². The average Bonchev–Trinajstić information content (AvgIpc) is 2.83. The Morgan fingerprint density at radius 2 is 1.77 bits per heavy atom. The third-order valence-electron chi connectivity index (χ3n) is 6.04. The molecule has 0 unspecified atom stereocenters. The highest BCUT2D eigenvalue weighted by Crippen LogP contribution is 2.24. The molecule has 8 N–H and O–H groups in total. The molecule has 2 rings (SSSR count). The van der Waals surface area contributed by atoms with Crippen molar-refractivity contribution in [2.24, 2.45) is 11.7 Å². The van der Waals surface area contributed by atoms with Crippen molar-refractivity contribution >= 4 is 23.7 Å². The number of aromatic hydroxyl groups is 1. The molecule has 1 aromatic carbocycles. The highest BCUT2D eigenvalue weighted by atomic mass is 16.4. The molecule has 1 aliphatic rings. The number of nitrogens with two attached hydrogens (primary N) is 1. The molecule has 10 heteroatoms. The Morgan fingerprint density at radius 1 is 1.09 bits per heavy atom. The van der Waals surface area contributed by atoms with E-state index in [9.17, 15) is 19.5 Å². The number of benzene rings is 1. The molecule has 0 heterocycles. The van der Waals surface area contributed by atoms with Crippen molar-refractivity contribution in [1.29, 1.82) is 5.41 Å². The van der Waals surface area contributed by atoms with Gasteiger partial charge in [-0.15, -0.1) is 0 Å². The van der Waals surface area contributed by atoms with Crippen LogP contribution in [0.15, 0.2) is 36.4 Å². The van der Waals surface area contributed by atoms with Gasteiger partial charge < -0.3 is 31.9 Å². The number of hydrogen-bond acceptors (Lipinski definition) is 5. The standard InChI is InChI=1S/C25H37N5O5/c26-25(27)28-15-5-4-8-19(11-14-22(32)33)29-24(35)21(16-17-9-12-20(31)13-10-17)30-23(34)18-6-2-1-3-7-18/h9-14,18-19,21,31H,1-8,15-16H2,(H,29,35)(H,30,34)(H,32,33)(H4,26,27,28)/b14-11+/t19-,21-/m0/s1. The maximum atomic E-state index is 13.3. The number of carboxylic acids is 1. The second-order valence-corrected chi connectivity index (χ2v) is 8.92. The van der Waals surface area contributed by atoms with E-state index in [0.717, 1.165) is 43.7 Å². The van der Waals surface area contributed by atoms with Crippen molar-refractivity contribution in [3.63, 3.8) is 0 Å². The van der Waals surface area contributed by atoms with Crippen LogP contribution in [0.25, 0.3) is 0 Å². The molecule has 35 heavy (non-hydrogen) atoms. The van der Waals surface area contributed by atoms with Gasteiger partial charge in [-0.3, -0.25) is 15.0 Å². The summed E-state index contributed by atoms with van der Waals surface area (Å²) in [5.41, 5.74) is 6.05. The summed E-state index contributed by atoms with van der Waals surface area (Å²) in [5, 5.41) is 34.3. The van der Waals surface area contributed by atoms with E-state index >= 15 is 0 Å². The number of phenols is 1. The predicted octanol–water partition coefficient (Wildman–Crippen LogP) is 1.78. The van der Waals surface area contributed by atoms with Crippen LogP contribution in [0.1, 0.15) is 56.9 Å². The zero-order valence-electron chi connectivity index (χ0n) is 20.0. The largest absolute Gasteiger partial charge is 0.508 e. The Balaban J connectivity index is 2.08. The second-order valence-electron chi connectivity index (χ2n) is 8.92. The van der Waals surface area contributed by atoms with Crippen molar-refractivity contribution in [2.45, 2.75) is 69.9 Å². The van der Waals surface area contributed by atoms with Crippen molar-refractivity contribution < 1.29 is 24.6 Å². The van der Waals surface area contributed by atoms with Crippen LogP contribution < -0.4 is 21.7 Å². The molecule has 1 saturated carbocycles. The van der Waals surface area contributed by atoms with Crippen LogP contribution in [-0.2, 0) is 20.8 Å². The van der Waals surface area contributed by atoms with Gasteiger partial charge in [0.15, 0.2) is 5.96 Å². The number of carbonyl (C=O) groups excluding carboxylic acids is 2. The maximum Gasteiger partial charge on any atom is 0.328 e. The Labute approximate surface area is 205 Å². The number of phenolic OH excluding ortho intramolecular Hbond substituents is 1. The summed E-state index contributed by atoms with van der Waals surface area (Å²) in [6.45, 7) is 0.500. The minimum atomic E-state index is -1.12. The van der Waals surface area contributed by atoms with Gasteiger partial charge in [0, 0.05) is 31.0 Å². The summed E-state index contributed by atoms with van der Waals surface area (Å²) >= 11 is 0. The summed E-state index contributed by atoms with van der Waals surface area (Å²) < 4.78 is 0. The van der Waals surface area contributed by atoms with Crippen molar-refractivity contribution in [3.8, 4) is 5.75 Å². The van der Waals surface area contributed by atoms with E-state index in [4.69, 9.17) is 16.2 Å². The van der Waals surface area contributed by atoms with E-state index in [-0.39, 0.29) is 30.0 Å². The number of aliphatic carboxylic acids is 1. The third kappa shape index (κ3) is 10.9. The van der Waals surface area contributed by atoms with Crippen molar-refractivity contribution in [1.82, 2.24) is 16.0 Å². The molecular formula is C25H37N5O5. The molecule has 1 fully saturated rings. The zero-order chi connectivity index (χ0) is 25.6. The first-order valence-corrected chi connectivity index (χ1v) is 12.1. The van der Waals surface area contributed by atoms with Crippen LogP contribution in [0.4, 0.5) is 0 Å². The van der Waals surface area contributed by atoms with Gasteiger partial charge in [0.2, 0.25) is 11.8 Å². The number of hydrogen-bond donors (Lipinski definition) is 7. The van der Waals surface area contributed by atoms with Crippen molar-refractivity contribution in [3.05, 3.63) is 42.0 Å². The third-order valence-corrected chi connectivity index (χ3v) is 6.04. The molecule has 2 amide bonds. The highest BCUT2D eigenvalue weighted by Gasteiger charge is 2.27. The number of carbonyl (C=O) groups is 3. The van der Waals surface area contributed by atoms with E-state index in [0.29, 0.717) is 25.8 Å². The molecule has 0 spiro atoms. The molecule has 10 nitrogen and oxygen atoms in total. The van der Waals surface area contributed by atoms with E-state index in [2.05, 4.69) is 16.0 Å². The lowest BCUT2D eigenvalue weighted by Gasteiger charge is -2.26. The van der Waals surface area contributed by atoms with Gasteiger partial charge in [-0.25, -0.2) is 4.79 Å². The fraction of sp³-hybridized carbons (Fsp3) is 0.520. The number of carboxylic acid groups (broad SMARTS) is 1. The fourth-order valence-electron chi connectivity index (χ4n) is 4.14. The topological polar surface area (TPSA) is 178 Å². The lowest BCUT2D eigenvalue weighted by Crippen LogP contribution is -2.51. The molecular weight excluding hydrogens is 450 g/mol. The molecule has 192 valence electrons. The van der Waals surface area contributed by atoms with Gasteiger partial charge in [-0.1, -0.05) is 37.5 Å². The number of guanidine groups is 1. The molecule has 2 atom stereocenters. The summed E-state index contributed by atoms with van der Waals surface area (Å²) in [6, 6.07) is 5.08. The van der Waals surface area contributed by atoms with Gasteiger partial charge in [0.25, 0.3) is 0 Å². The van der Waals surface area contributed by atoms with Gasteiger partial charge in [0.1, 0.15) is 11.8 Å². The molecule has 1 aliphatic carbocycles. The monoisotopic (exact) mass is 487 g/mol. The lowest BCUT2D eigenvalue weighted by molar-refractivity contribution is -0.132. The average molecular weight is 488 g/mol. The Kier molecular flexibility index (Phi) is 11.6. The first-order valence-electron chi connectivity index (χ1n) is 12.1. The summed E-state index contributed by atoms with van der Waals surface area (Å²) in [7, 11) is 0. The van der Waals surface area contributed by atoms with Gasteiger partial charge in [-0.05, 0) is 49.8 Å². The second kappa shape index (κ2) is 14.6. The summed E-state index contributed by atoms with van der Waals surface area (Å²) in [6.07, 6.45) is 9.19. The van der Waals surface area contributed by atoms with E-state index < -0.39 is 24.0 Å². The van der Waals surface area contributed by atoms with Crippen LogP contribution in [0.3, 0.4) is 0 Å². The normalized spacial score (nSPS) is 15.8. The number of amides is 2. The van der Waals surface area contributed by atoms with Crippen LogP contribution in [-0.4, -0.2) is 52.6 Å². The Morgan fingerprint density at radius 3 is 2.40 bits per heavy atom. The van der Waals surface area contributed by atoms with Gasteiger partial charge in [-0.2, -0.15) is 0 Å².